The van der Waals surface area contributed by atoms with E-state index in [2.05, 4.69) is 15.5 Å². The molecule has 114 valence electrons. The van der Waals surface area contributed by atoms with Gasteiger partial charge in [-0.05, 0) is 32.2 Å². The lowest BCUT2D eigenvalue weighted by Gasteiger charge is -2.04. The zero-order valence-corrected chi connectivity index (χ0v) is 12.3. The van der Waals surface area contributed by atoms with Crippen molar-refractivity contribution in [2.75, 3.05) is 7.05 Å². The standard InChI is InChI=1S/C12H15FN4O3S/c1-7(15-2)5-11-16-12(20-17-11)8-3-4-10(9(13)6-8)21(14,18)19/h3-4,6-7,15H,5H2,1-2H3,(H2,14,18,19). The first-order valence-corrected chi connectivity index (χ1v) is 7.68. The van der Waals surface area contributed by atoms with Gasteiger partial charge in [-0.15, -0.1) is 0 Å². The summed E-state index contributed by atoms with van der Waals surface area (Å²) in [5.41, 5.74) is 0.288. The van der Waals surface area contributed by atoms with E-state index in [-0.39, 0.29) is 17.5 Å². The van der Waals surface area contributed by atoms with Crippen molar-refractivity contribution in [3.63, 3.8) is 0 Å². The van der Waals surface area contributed by atoms with Crippen LogP contribution in [0, 0.1) is 5.82 Å². The van der Waals surface area contributed by atoms with Crippen LogP contribution in [0.15, 0.2) is 27.6 Å². The van der Waals surface area contributed by atoms with Gasteiger partial charge >= 0.3 is 0 Å². The maximum Gasteiger partial charge on any atom is 0.258 e. The van der Waals surface area contributed by atoms with Crippen LogP contribution in [0.5, 0.6) is 0 Å². The lowest BCUT2D eigenvalue weighted by molar-refractivity contribution is 0.418. The predicted octanol–water partition coefficient (Wildman–Crippen LogP) is 0.674. The van der Waals surface area contributed by atoms with Gasteiger partial charge in [0.2, 0.25) is 10.0 Å². The maximum absolute atomic E-state index is 13.7. The van der Waals surface area contributed by atoms with Crippen molar-refractivity contribution >= 4 is 10.0 Å². The number of hydrogen-bond acceptors (Lipinski definition) is 6. The quantitative estimate of drug-likeness (QED) is 0.839. The third-order valence-corrected chi connectivity index (χ3v) is 3.88. The van der Waals surface area contributed by atoms with Gasteiger partial charge in [0, 0.05) is 18.0 Å². The SMILES string of the molecule is CNC(C)Cc1noc(-c2ccc(S(N)(=O)=O)c(F)c2)n1. The Bertz CT molecular complexity index is 745. The maximum atomic E-state index is 13.7. The van der Waals surface area contributed by atoms with Crippen molar-refractivity contribution in [3.05, 3.63) is 29.8 Å². The van der Waals surface area contributed by atoms with Crippen molar-refractivity contribution in [2.45, 2.75) is 24.3 Å². The summed E-state index contributed by atoms with van der Waals surface area (Å²) in [5, 5.41) is 11.7. The number of halogens is 1. The Morgan fingerprint density at radius 3 is 2.76 bits per heavy atom. The Labute approximate surface area is 121 Å². The number of primary sulfonamides is 1. The summed E-state index contributed by atoms with van der Waals surface area (Å²) in [6.45, 7) is 1.95. The number of aromatic nitrogens is 2. The molecule has 1 aromatic carbocycles. The number of nitrogens with one attached hydrogen (secondary N) is 1. The highest BCUT2D eigenvalue weighted by Crippen LogP contribution is 2.22. The summed E-state index contributed by atoms with van der Waals surface area (Å²) in [5.74, 6) is -0.366. The first kappa shape index (κ1) is 15.5. The Kier molecular flexibility index (Phi) is 4.35. The van der Waals surface area contributed by atoms with Crippen LogP contribution in [-0.4, -0.2) is 31.6 Å². The molecular weight excluding hydrogens is 299 g/mol. The Morgan fingerprint density at radius 2 is 2.19 bits per heavy atom. The third kappa shape index (κ3) is 3.63. The van der Waals surface area contributed by atoms with Crippen LogP contribution in [-0.2, 0) is 16.4 Å². The zero-order chi connectivity index (χ0) is 15.6. The second kappa shape index (κ2) is 5.88. The molecule has 1 heterocycles. The van der Waals surface area contributed by atoms with Crippen LogP contribution in [0.25, 0.3) is 11.5 Å². The molecule has 21 heavy (non-hydrogen) atoms. The van der Waals surface area contributed by atoms with Gasteiger partial charge in [0.1, 0.15) is 10.7 Å². The molecule has 9 heteroatoms. The molecule has 3 N–H and O–H groups in total. The van der Waals surface area contributed by atoms with Crippen molar-refractivity contribution in [3.8, 4) is 11.5 Å². The minimum atomic E-state index is -4.10. The van der Waals surface area contributed by atoms with Gasteiger partial charge < -0.3 is 9.84 Å². The van der Waals surface area contributed by atoms with Gasteiger partial charge in [0.25, 0.3) is 5.89 Å². The highest BCUT2D eigenvalue weighted by atomic mass is 32.2. The van der Waals surface area contributed by atoms with E-state index in [1.165, 1.54) is 6.07 Å². The normalized spacial score (nSPS) is 13.3. The highest BCUT2D eigenvalue weighted by Gasteiger charge is 2.17. The van der Waals surface area contributed by atoms with E-state index in [1.54, 1.807) is 0 Å². The lowest BCUT2D eigenvalue weighted by Crippen LogP contribution is -2.24. The van der Waals surface area contributed by atoms with Gasteiger partial charge in [-0.2, -0.15) is 4.98 Å². The molecule has 0 fully saturated rings. The summed E-state index contributed by atoms with van der Waals surface area (Å²) >= 11 is 0. The molecule has 0 aliphatic rings. The molecule has 2 aromatic rings. The molecule has 0 saturated carbocycles. The molecule has 0 saturated heterocycles. The number of nitrogens with two attached hydrogens (primary N) is 1. The molecule has 0 spiro atoms. The molecule has 1 aromatic heterocycles. The van der Waals surface area contributed by atoms with Crippen molar-refractivity contribution < 1.29 is 17.3 Å². The average Bonchev–Trinajstić information content (AvgIpc) is 2.85. The molecular formula is C12H15FN4O3S. The van der Waals surface area contributed by atoms with Crippen LogP contribution >= 0.6 is 0 Å². The summed E-state index contributed by atoms with van der Waals surface area (Å²) in [7, 11) is -2.28. The van der Waals surface area contributed by atoms with E-state index in [4.69, 9.17) is 9.66 Å². The number of rotatable bonds is 5. The Hall–Kier alpha value is -1.84. The minimum Gasteiger partial charge on any atom is -0.334 e. The largest absolute Gasteiger partial charge is 0.334 e. The lowest BCUT2D eigenvalue weighted by atomic mass is 10.2. The number of nitrogens with zero attached hydrogens (tertiary/aromatic N) is 2. The van der Waals surface area contributed by atoms with E-state index < -0.39 is 20.7 Å². The van der Waals surface area contributed by atoms with Gasteiger partial charge in [0.05, 0.1) is 0 Å². The van der Waals surface area contributed by atoms with E-state index in [9.17, 15) is 12.8 Å². The van der Waals surface area contributed by atoms with Gasteiger partial charge in [-0.3, -0.25) is 0 Å². The minimum absolute atomic E-state index is 0.119. The van der Waals surface area contributed by atoms with E-state index in [1.807, 2.05) is 14.0 Å². The van der Waals surface area contributed by atoms with Crippen LogP contribution in [0.1, 0.15) is 12.7 Å². The van der Waals surface area contributed by atoms with Crippen molar-refractivity contribution in [1.82, 2.24) is 15.5 Å². The first-order valence-electron chi connectivity index (χ1n) is 6.14. The summed E-state index contributed by atoms with van der Waals surface area (Å²) < 4.78 is 41.1. The molecule has 1 atom stereocenters. The van der Waals surface area contributed by atoms with Crippen LogP contribution in [0.4, 0.5) is 4.39 Å². The van der Waals surface area contributed by atoms with E-state index in [0.717, 1.165) is 12.1 Å². The van der Waals surface area contributed by atoms with Crippen molar-refractivity contribution in [2.24, 2.45) is 5.14 Å². The van der Waals surface area contributed by atoms with E-state index >= 15 is 0 Å². The Morgan fingerprint density at radius 1 is 1.48 bits per heavy atom. The number of benzene rings is 1. The second-order valence-electron chi connectivity index (χ2n) is 4.60. The second-order valence-corrected chi connectivity index (χ2v) is 6.13. The first-order chi connectivity index (χ1) is 9.81. The summed E-state index contributed by atoms with van der Waals surface area (Å²) in [4.78, 5) is 3.56. The third-order valence-electron chi connectivity index (χ3n) is 2.94. The molecule has 0 bridgehead atoms. The molecule has 0 radical (unpaired) electrons. The van der Waals surface area contributed by atoms with Gasteiger partial charge in [-0.1, -0.05) is 5.16 Å². The summed E-state index contributed by atoms with van der Waals surface area (Å²) in [6.07, 6.45) is 0.553. The molecule has 0 aliphatic heterocycles. The van der Waals surface area contributed by atoms with Crippen molar-refractivity contribution in [1.29, 1.82) is 0 Å². The topological polar surface area (TPSA) is 111 Å². The molecule has 2 rings (SSSR count). The number of hydrogen-bond donors (Lipinski definition) is 2. The highest BCUT2D eigenvalue weighted by molar-refractivity contribution is 7.89. The van der Waals surface area contributed by atoms with Crippen LogP contribution in [0.2, 0.25) is 0 Å². The number of sulfonamides is 1. The molecule has 1 unspecified atom stereocenters. The Balaban J connectivity index is 2.29. The zero-order valence-electron chi connectivity index (χ0n) is 11.5. The summed E-state index contributed by atoms with van der Waals surface area (Å²) in [6, 6.07) is 3.59. The average molecular weight is 314 g/mol. The van der Waals surface area contributed by atoms with E-state index in [0.29, 0.717) is 12.2 Å². The predicted molar refractivity (Wildman–Crippen MR) is 73.3 cm³/mol. The fourth-order valence-electron chi connectivity index (χ4n) is 1.69. The number of likely N-dealkylation sites (N-methyl/N-ethyl adjacent to an activating group) is 1. The molecule has 7 nitrogen and oxygen atoms in total. The van der Waals surface area contributed by atoms with Gasteiger partial charge in [0.15, 0.2) is 5.82 Å². The van der Waals surface area contributed by atoms with Crippen LogP contribution in [0.3, 0.4) is 0 Å². The fourth-order valence-corrected chi connectivity index (χ4v) is 2.28. The van der Waals surface area contributed by atoms with Gasteiger partial charge in [-0.25, -0.2) is 17.9 Å². The smallest absolute Gasteiger partial charge is 0.258 e. The molecule has 0 aliphatic carbocycles. The van der Waals surface area contributed by atoms with Crippen LogP contribution < -0.4 is 10.5 Å². The fraction of sp³-hybridized carbons (Fsp3) is 0.333. The molecule has 0 amide bonds. The monoisotopic (exact) mass is 314 g/mol.